The minimum atomic E-state index is 0.603. The fraction of sp³-hybridized carbons (Fsp3) is 0.667. The van der Waals surface area contributed by atoms with E-state index in [1.54, 1.807) is 11.3 Å². The topological polar surface area (TPSA) is 34.2 Å². The highest BCUT2D eigenvalue weighted by atomic mass is 79.9. The van der Waals surface area contributed by atoms with Gasteiger partial charge in [-0.3, -0.25) is 0 Å². The van der Waals surface area contributed by atoms with Crippen LogP contribution in [0.1, 0.15) is 17.8 Å². The van der Waals surface area contributed by atoms with Crippen molar-refractivity contribution in [1.29, 1.82) is 0 Å². The molecular formula is C9H13BrN2OS. The fourth-order valence-corrected chi connectivity index (χ4v) is 2.76. The molecule has 1 saturated heterocycles. The maximum atomic E-state index is 5.30. The van der Waals surface area contributed by atoms with Crippen molar-refractivity contribution in [1.82, 2.24) is 10.3 Å². The van der Waals surface area contributed by atoms with Gasteiger partial charge >= 0.3 is 0 Å². The first-order chi connectivity index (χ1) is 6.84. The Morgan fingerprint density at radius 3 is 3.00 bits per heavy atom. The van der Waals surface area contributed by atoms with Crippen LogP contribution in [-0.2, 0) is 11.3 Å². The first kappa shape index (κ1) is 10.5. The summed E-state index contributed by atoms with van der Waals surface area (Å²) in [7, 11) is 0. The van der Waals surface area contributed by atoms with Crippen LogP contribution in [0.25, 0.3) is 0 Å². The first-order valence-electron chi connectivity index (χ1n) is 4.76. The van der Waals surface area contributed by atoms with E-state index in [2.05, 4.69) is 26.2 Å². The number of hydrogen-bond donors (Lipinski definition) is 1. The molecular weight excluding hydrogens is 264 g/mol. The predicted octanol–water partition coefficient (Wildman–Crippen LogP) is 2.17. The molecule has 1 aromatic rings. The van der Waals surface area contributed by atoms with Crippen molar-refractivity contribution in [2.45, 2.75) is 25.4 Å². The molecule has 0 aromatic carbocycles. The number of rotatable bonds is 3. The molecule has 2 rings (SSSR count). The largest absolute Gasteiger partial charge is 0.381 e. The number of thiazole rings is 1. The summed E-state index contributed by atoms with van der Waals surface area (Å²) in [5, 5.41) is 4.64. The summed E-state index contributed by atoms with van der Waals surface area (Å²) in [4.78, 5) is 4.28. The van der Waals surface area contributed by atoms with E-state index in [-0.39, 0.29) is 0 Å². The van der Waals surface area contributed by atoms with Crippen LogP contribution in [0.3, 0.4) is 0 Å². The lowest BCUT2D eigenvalue weighted by atomic mass is 10.1. The van der Waals surface area contributed by atoms with Crippen molar-refractivity contribution >= 4 is 27.3 Å². The summed E-state index contributed by atoms with van der Waals surface area (Å²) >= 11 is 5.09. The molecule has 0 amide bonds. The Kier molecular flexibility index (Phi) is 3.92. The number of nitrogens with one attached hydrogen (secondary N) is 1. The molecule has 1 aliphatic heterocycles. The quantitative estimate of drug-likeness (QED) is 0.919. The fourth-order valence-electron chi connectivity index (χ4n) is 1.50. The molecule has 0 unspecified atom stereocenters. The zero-order chi connectivity index (χ0) is 9.80. The number of ether oxygens (including phenoxy) is 1. The highest BCUT2D eigenvalue weighted by molar-refractivity contribution is 9.11. The minimum absolute atomic E-state index is 0.603. The van der Waals surface area contributed by atoms with Gasteiger partial charge in [0, 0.05) is 25.8 Å². The van der Waals surface area contributed by atoms with E-state index in [0.717, 1.165) is 41.4 Å². The molecule has 78 valence electrons. The third-order valence-electron chi connectivity index (χ3n) is 2.29. The van der Waals surface area contributed by atoms with Crippen molar-refractivity contribution in [3.8, 4) is 0 Å². The molecule has 1 fully saturated rings. The van der Waals surface area contributed by atoms with E-state index in [1.807, 2.05) is 6.20 Å². The van der Waals surface area contributed by atoms with Crippen LogP contribution in [0, 0.1) is 0 Å². The van der Waals surface area contributed by atoms with E-state index in [4.69, 9.17) is 4.74 Å². The number of nitrogens with zero attached hydrogens (tertiary/aromatic N) is 1. The van der Waals surface area contributed by atoms with E-state index in [1.165, 1.54) is 0 Å². The van der Waals surface area contributed by atoms with Gasteiger partial charge in [0.15, 0.2) is 0 Å². The summed E-state index contributed by atoms with van der Waals surface area (Å²) in [6.45, 7) is 2.65. The maximum absolute atomic E-state index is 5.30. The molecule has 0 atom stereocenters. The Morgan fingerprint density at radius 1 is 1.57 bits per heavy atom. The molecule has 0 aliphatic carbocycles. The van der Waals surface area contributed by atoms with Crippen molar-refractivity contribution in [3.05, 3.63) is 15.0 Å². The summed E-state index contributed by atoms with van der Waals surface area (Å²) in [6, 6.07) is 0.603. The lowest BCUT2D eigenvalue weighted by molar-refractivity contribution is 0.0776. The van der Waals surface area contributed by atoms with Crippen LogP contribution in [-0.4, -0.2) is 24.2 Å². The van der Waals surface area contributed by atoms with Crippen LogP contribution in [0.4, 0.5) is 0 Å². The summed E-state index contributed by atoms with van der Waals surface area (Å²) in [5.74, 6) is 0. The summed E-state index contributed by atoms with van der Waals surface area (Å²) in [6.07, 6.45) is 4.09. The zero-order valence-corrected chi connectivity index (χ0v) is 10.2. The van der Waals surface area contributed by atoms with Crippen molar-refractivity contribution in [3.63, 3.8) is 0 Å². The molecule has 2 heterocycles. The SMILES string of the molecule is Brc1cnc(CNC2CCOCC2)s1. The molecule has 1 N–H and O–H groups in total. The average molecular weight is 277 g/mol. The van der Waals surface area contributed by atoms with Crippen molar-refractivity contribution < 1.29 is 4.74 Å². The van der Waals surface area contributed by atoms with Gasteiger partial charge in [0.25, 0.3) is 0 Å². The van der Waals surface area contributed by atoms with Gasteiger partial charge in [-0.15, -0.1) is 11.3 Å². The third kappa shape index (κ3) is 3.02. The number of aromatic nitrogens is 1. The zero-order valence-electron chi connectivity index (χ0n) is 7.83. The Hall–Kier alpha value is 0.0300. The van der Waals surface area contributed by atoms with Crippen molar-refractivity contribution in [2.24, 2.45) is 0 Å². The number of hydrogen-bond acceptors (Lipinski definition) is 4. The Labute approximate surface area is 96.0 Å². The summed E-state index contributed by atoms with van der Waals surface area (Å²) < 4.78 is 6.39. The van der Waals surface area contributed by atoms with Gasteiger partial charge in [0.05, 0.1) is 9.98 Å². The lowest BCUT2D eigenvalue weighted by Gasteiger charge is -2.22. The van der Waals surface area contributed by atoms with E-state index in [9.17, 15) is 0 Å². The van der Waals surface area contributed by atoms with Crippen molar-refractivity contribution in [2.75, 3.05) is 13.2 Å². The van der Waals surface area contributed by atoms with Crippen LogP contribution in [0.5, 0.6) is 0 Å². The smallest absolute Gasteiger partial charge is 0.107 e. The summed E-state index contributed by atoms with van der Waals surface area (Å²) in [5.41, 5.74) is 0. The molecule has 1 aliphatic rings. The standard InChI is InChI=1S/C9H13BrN2OS/c10-8-5-12-9(14-8)6-11-7-1-3-13-4-2-7/h5,7,11H,1-4,6H2. The maximum Gasteiger partial charge on any atom is 0.107 e. The molecule has 14 heavy (non-hydrogen) atoms. The third-order valence-corrected chi connectivity index (χ3v) is 3.76. The second-order valence-corrected chi connectivity index (χ2v) is 5.82. The molecule has 1 aromatic heterocycles. The second kappa shape index (κ2) is 5.21. The van der Waals surface area contributed by atoms with Crippen LogP contribution < -0.4 is 5.32 Å². The normalized spacial score (nSPS) is 18.6. The van der Waals surface area contributed by atoms with E-state index >= 15 is 0 Å². The van der Waals surface area contributed by atoms with Gasteiger partial charge < -0.3 is 10.1 Å². The molecule has 0 bridgehead atoms. The van der Waals surface area contributed by atoms with Gasteiger partial charge in [0.2, 0.25) is 0 Å². The molecule has 5 heteroatoms. The highest BCUT2D eigenvalue weighted by Crippen LogP contribution is 2.19. The first-order valence-corrected chi connectivity index (χ1v) is 6.37. The monoisotopic (exact) mass is 276 g/mol. The van der Waals surface area contributed by atoms with E-state index in [0.29, 0.717) is 6.04 Å². The molecule has 0 saturated carbocycles. The van der Waals surface area contributed by atoms with Crippen LogP contribution >= 0.6 is 27.3 Å². The van der Waals surface area contributed by atoms with Gasteiger partial charge in [-0.05, 0) is 28.8 Å². The van der Waals surface area contributed by atoms with E-state index < -0.39 is 0 Å². The predicted molar refractivity (Wildman–Crippen MR) is 60.5 cm³/mol. The second-order valence-electron chi connectivity index (χ2n) is 3.33. The molecule has 3 nitrogen and oxygen atoms in total. The Bertz CT molecular complexity index is 286. The number of halogens is 1. The Balaban J connectivity index is 1.76. The van der Waals surface area contributed by atoms with Gasteiger partial charge in [0.1, 0.15) is 5.01 Å². The Morgan fingerprint density at radius 2 is 2.36 bits per heavy atom. The van der Waals surface area contributed by atoms with Gasteiger partial charge in [-0.2, -0.15) is 0 Å². The van der Waals surface area contributed by atoms with Gasteiger partial charge in [-0.25, -0.2) is 4.98 Å². The molecule has 0 spiro atoms. The van der Waals surface area contributed by atoms with Crippen LogP contribution in [0.2, 0.25) is 0 Å². The minimum Gasteiger partial charge on any atom is -0.381 e. The lowest BCUT2D eigenvalue weighted by Crippen LogP contribution is -2.34. The average Bonchev–Trinajstić information content (AvgIpc) is 2.63. The highest BCUT2D eigenvalue weighted by Gasteiger charge is 2.13. The van der Waals surface area contributed by atoms with Gasteiger partial charge in [-0.1, -0.05) is 0 Å². The molecule has 0 radical (unpaired) electrons. The van der Waals surface area contributed by atoms with Crippen LogP contribution in [0.15, 0.2) is 9.98 Å².